The summed E-state index contributed by atoms with van der Waals surface area (Å²) in [5, 5.41) is 13.4. The Hall–Kier alpha value is -3.10. The Morgan fingerprint density at radius 2 is 2.08 bits per heavy atom. The predicted octanol–water partition coefficient (Wildman–Crippen LogP) is 2.02. The van der Waals surface area contributed by atoms with Gasteiger partial charge in [0, 0.05) is 37.2 Å². The highest BCUT2D eigenvalue weighted by atomic mass is 16.5. The van der Waals surface area contributed by atoms with Gasteiger partial charge in [0.1, 0.15) is 5.82 Å². The monoisotopic (exact) mass is 341 g/mol. The summed E-state index contributed by atoms with van der Waals surface area (Å²) in [5.41, 5.74) is 0.813. The number of H-pyrrole nitrogens is 1. The molecule has 0 spiro atoms. The number of nitrogens with zero attached hydrogens (tertiary/aromatic N) is 5. The minimum absolute atomic E-state index is 0.200. The van der Waals surface area contributed by atoms with E-state index in [0.29, 0.717) is 24.1 Å². The molecule has 0 aliphatic heterocycles. The molecule has 0 bridgehead atoms. The van der Waals surface area contributed by atoms with Crippen LogP contribution >= 0.6 is 0 Å². The van der Waals surface area contributed by atoms with Crippen molar-refractivity contribution in [1.29, 1.82) is 0 Å². The Morgan fingerprint density at radius 1 is 1.28 bits per heavy atom. The van der Waals surface area contributed by atoms with Gasteiger partial charge in [-0.1, -0.05) is 19.0 Å². The first-order chi connectivity index (χ1) is 12.1. The van der Waals surface area contributed by atoms with Gasteiger partial charge in [-0.2, -0.15) is 9.97 Å². The highest BCUT2D eigenvalue weighted by molar-refractivity contribution is 5.88. The summed E-state index contributed by atoms with van der Waals surface area (Å²) in [6.07, 6.45) is 4.63. The predicted molar refractivity (Wildman–Crippen MR) is 89.4 cm³/mol. The number of amides is 1. The molecule has 130 valence electrons. The number of aromatic nitrogens is 6. The minimum Gasteiger partial charge on any atom is -0.339 e. The molecule has 0 saturated carbocycles. The summed E-state index contributed by atoms with van der Waals surface area (Å²) >= 11 is 0. The summed E-state index contributed by atoms with van der Waals surface area (Å²) in [6, 6.07) is 3.58. The maximum absolute atomic E-state index is 12.0. The lowest BCUT2D eigenvalue weighted by Crippen LogP contribution is -2.13. The Bertz CT molecular complexity index is 826. The van der Waals surface area contributed by atoms with Crippen LogP contribution in [-0.4, -0.2) is 36.2 Å². The van der Waals surface area contributed by atoms with Gasteiger partial charge in [0.15, 0.2) is 0 Å². The van der Waals surface area contributed by atoms with Crippen molar-refractivity contribution < 1.29 is 9.32 Å². The SMILES string of the molecule is CC(C)Cc1nc(NC(=O)CCc2nc(-c3ccncc3)no2)n[nH]1. The van der Waals surface area contributed by atoms with Gasteiger partial charge < -0.3 is 4.52 Å². The van der Waals surface area contributed by atoms with Crippen LogP contribution in [0.15, 0.2) is 29.0 Å². The molecule has 9 heteroatoms. The fourth-order valence-corrected chi connectivity index (χ4v) is 2.21. The van der Waals surface area contributed by atoms with Crippen LogP contribution in [0.1, 0.15) is 32.0 Å². The molecule has 3 aromatic heterocycles. The maximum atomic E-state index is 12.0. The third-order valence-electron chi connectivity index (χ3n) is 3.36. The molecule has 1 amide bonds. The normalized spacial score (nSPS) is 11.0. The zero-order valence-corrected chi connectivity index (χ0v) is 14.1. The largest absolute Gasteiger partial charge is 0.339 e. The lowest BCUT2D eigenvalue weighted by Gasteiger charge is -1.99. The van der Waals surface area contributed by atoms with Gasteiger partial charge in [-0.25, -0.2) is 0 Å². The number of hydrogen-bond donors (Lipinski definition) is 2. The van der Waals surface area contributed by atoms with Crippen molar-refractivity contribution in [3.05, 3.63) is 36.2 Å². The molecule has 0 atom stereocenters. The van der Waals surface area contributed by atoms with Crippen LogP contribution in [0.2, 0.25) is 0 Å². The van der Waals surface area contributed by atoms with Gasteiger partial charge in [-0.05, 0) is 18.1 Å². The smallest absolute Gasteiger partial charge is 0.248 e. The molecule has 2 N–H and O–H groups in total. The molecule has 0 saturated heterocycles. The number of carbonyl (C=O) groups excluding carboxylic acids is 1. The van der Waals surface area contributed by atoms with E-state index in [4.69, 9.17) is 4.52 Å². The zero-order chi connectivity index (χ0) is 17.6. The molecule has 9 nitrogen and oxygen atoms in total. The van der Waals surface area contributed by atoms with E-state index in [1.165, 1.54) is 0 Å². The third-order valence-corrected chi connectivity index (χ3v) is 3.36. The van der Waals surface area contributed by atoms with E-state index >= 15 is 0 Å². The van der Waals surface area contributed by atoms with Crippen molar-refractivity contribution in [1.82, 2.24) is 30.3 Å². The average Bonchev–Trinajstić information content (AvgIpc) is 3.23. The number of aromatic amines is 1. The Kier molecular flexibility index (Phi) is 5.12. The summed E-state index contributed by atoms with van der Waals surface area (Å²) < 4.78 is 5.17. The number of carbonyl (C=O) groups is 1. The van der Waals surface area contributed by atoms with Crippen molar-refractivity contribution in [2.75, 3.05) is 5.32 Å². The fourth-order valence-electron chi connectivity index (χ4n) is 2.21. The quantitative estimate of drug-likeness (QED) is 0.674. The van der Waals surface area contributed by atoms with Crippen LogP contribution in [0.25, 0.3) is 11.4 Å². The molecule has 3 heterocycles. The number of anilines is 1. The van der Waals surface area contributed by atoms with E-state index in [-0.39, 0.29) is 18.3 Å². The molecule has 0 fully saturated rings. The van der Waals surface area contributed by atoms with Crippen LogP contribution in [0.5, 0.6) is 0 Å². The zero-order valence-electron chi connectivity index (χ0n) is 14.1. The number of nitrogens with one attached hydrogen (secondary N) is 2. The van der Waals surface area contributed by atoms with Crippen LogP contribution < -0.4 is 5.32 Å². The summed E-state index contributed by atoms with van der Waals surface area (Å²) in [7, 11) is 0. The molecule has 3 rings (SSSR count). The number of rotatable bonds is 7. The maximum Gasteiger partial charge on any atom is 0.248 e. The van der Waals surface area contributed by atoms with E-state index in [9.17, 15) is 4.79 Å². The lowest BCUT2D eigenvalue weighted by atomic mass is 10.1. The molecular formula is C16H19N7O2. The first kappa shape index (κ1) is 16.7. The van der Waals surface area contributed by atoms with Crippen molar-refractivity contribution >= 4 is 11.9 Å². The molecule has 0 radical (unpaired) electrons. The van der Waals surface area contributed by atoms with Gasteiger partial charge in [0.25, 0.3) is 0 Å². The second kappa shape index (κ2) is 7.65. The van der Waals surface area contributed by atoms with Gasteiger partial charge in [0.2, 0.25) is 23.6 Å². The third kappa shape index (κ3) is 4.69. The molecule has 25 heavy (non-hydrogen) atoms. The van der Waals surface area contributed by atoms with Crippen molar-refractivity contribution in [3.63, 3.8) is 0 Å². The van der Waals surface area contributed by atoms with E-state index in [1.54, 1.807) is 24.5 Å². The van der Waals surface area contributed by atoms with Gasteiger partial charge in [0.05, 0.1) is 0 Å². The Balaban J connectivity index is 1.51. The molecular weight excluding hydrogens is 322 g/mol. The van der Waals surface area contributed by atoms with Crippen molar-refractivity contribution in [2.45, 2.75) is 33.1 Å². The van der Waals surface area contributed by atoms with E-state index in [0.717, 1.165) is 17.8 Å². The second-order valence-corrected chi connectivity index (χ2v) is 6.00. The summed E-state index contributed by atoms with van der Waals surface area (Å²) in [6.45, 7) is 4.18. The molecule has 0 unspecified atom stereocenters. The number of pyridine rings is 1. The Labute approximate surface area is 144 Å². The van der Waals surface area contributed by atoms with Crippen LogP contribution in [0.4, 0.5) is 5.95 Å². The summed E-state index contributed by atoms with van der Waals surface area (Å²) in [4.78, 5) is 24.4. The van der Waals surface area contributed by atoms with Crippen molar-refractivity contribution in [3.8, 4) is 11.4 Å². The topological polar surface area (TPSA) is 122 Å². The average molecular weight is 341 g/mol. The summed E-state index contributed by atoms with van der Waals surface area (Å²) in [5.74, 6) is 2.16. The molecule has 3 aromatic rings. The number of hydrogen-bond acceptors (Lipinski definition) is 7. The first-order valence-corrected chi connectivity index (χ1v) is 8.04. The lowest BCUT2D eigenvalue weighted by molar-refractivity contribution is -0.116. The van der Waals surface area contributed by atoms with Crippen LogP contribution in [-0.2, 0) is 17.6 Å². The highest BCUT2D eigenvalue weighted by Crippen LogP contribution is 2.14. The van der Waals surface area contributed by atoms with Crippen LogP contribution in [0.3, 0.4) is 0 Å². The van der Waals surface area contributed by atoms with E-state index in [2.05, 4.69) is 49.5 Å². The molecule has 0 aliphatic rings. The van der Waals surface area contributed by atoms with Gasteiger partial charge in [-0.15, -0.1) is 5.10 Å². The Morgan fingerprint density at radius 3 is 2.84 bits per heavy atom. The number of aryl methyl sites for hydroxylation is 1. The van der Waals surface area contributed by atoms with Gasteiger partial charge >= 0.3 is 0 Å². The van der Waals surface area contributed by atoms with Crippen molar-refractivity contribution in [2.24, 2.45) is 5.92 Å². The first-order valence-electron chi connectivity index (χ1n) is 8.04. The standard InChI is InChI=1S/C16H19N7O2/c1-10(2)9-12-18-16(22-21-12)19-13(24)3-4-14-20-15(23-25-14)11-5-7-17-8-6-11/h5-8,10H,3-4,9H2,1-2H3,(H2,18,19,21,22,24). The van der Waals surface area contributed by atoms with Gasteiger partial charge in [-0.3, -0.25) is 20.2 Å². The van der Waals surface area contributed by atoms with Crippen LogP contribution in [0, 0.1) is 5.92 Å². The second-order valence-electron chi connectivity index (χ2n) is 6.00. The highest BCUT2D eigenvalue weighted by Gasteiger charge is 2.12. The molecule has 0 aromatic carbocycles. The van der Waals surface area contributed by atoms with E-state index < -0.39 is 0 Å². The fraction of sp³-hybridized carbons (Fsp3) is 0.375. The minimum atomic E-state index is -0.209. The van der Waals surface area contributed by atoms with E-state index in [1.807, 2.05) is 0 Å². The molecule has 0 aliphatic carbocycles.